The van der Waals surface area contributed by atoms with E-state index in [-0.39, 0.29) is 18.6 Å². The van der Waals surface area contributed by atoms with Crippen LogP contribution in [-0.4, -0.2) is 53.3 Å². The van der Waals surface area contributed by atoms with E-state index in [1.807, 2.05) is 54.6 Å². The number of ether oxygens (including phenoxy) is 2. The standard InChI is InChI=1S/C28H34N2O5/c1-3-15-30-16-14-27(23-10-7-11-25(17-23)35-21(2)31)18-24(12-13-28(27,33)20-30)29-26(32)34-19-22-8-5-4-6-9-22/h3-11,17,24,33H,1,12-16,18-20H2,2H3,(H,29,32)/t24-,27+,28+/m1/s1. The molecule has 2 aromatic carbocycles. The normalized spacial score (nSPS) is 26.3. The molecule has 0 radical (unpaired) electrons. The Morgan fingerprint density at radius 3 is 2.74 bits per heavy atom. The number of likely N-dealkylation sites (tertiary alicyclic amines) is 1. The van der Waals surface area contributed by atoms with Gasteiger partial charge >= 0.3 is 12.1 Å². The smallest absolute Gasteiger partial charge is 0.407 e. The van der Waals surface area contributed by atoms with E-state index < -0.39 is 17.1 Å². The summed E-state index contributed by atoms with van der Waals surface area (Å²) in [6, 6.07) is 16.8. The van der Waals surface area contributed by atoms with Crippen molar-refractivity contribution in [2.24, 2.45) is 0 Å². The first-order valence-corrected chi connectivity index (χ1v) is 12.2. The van der Waals surface area contributed by atoms with Crippen LogP contribution in [0.5, 0.6) is 5.75 Å². The number of benzene rings is 2. The molecular weight excluding hydrogens is 444 g/mol. The lowest BCUT2D eigenvalue weighted by molar-refractivity contribution is -0.131. The molecule has 1 saturated heterocycles. The Morgan fingerprint density at radius 1 is 1.20 bits per heavy atom. The molecule has 7 heteroatoms. The Labute approximate surface area is 206 Å². The van der Waals surface area contributed by atoms with Crippen LogP contribution in [0.4, 0.5) is 4.79 Å². The molecular formula is C28H34N2O5. The van der Waals surface area contributed by atoms with Crippen LogP contribution in [0.15, 0.2) is 67.3 Å². The molecule has 0 unspecified atom stereocenters. The van der Waals surface area contributed by atoms with Crippen molar-refractivity contribution in [1.29, 1.82) is 0 Å². The number of nitrogens with zero attached hydrogens (tertiary/aromatic N) is 1. The van der Waals surface area contributed by atoms with Gasteiger partial charge in [-0.25, -0.2) is 4.79 Å². The monoisotopic (exact) mass is 478 g/mol. The summed E-state index contributed by atoms with van der Waals surface area (Å²) < 4.78 is 10.8. The summed E-state index contributed by atoms with van der Waals surface area (Å²) in [4.78, 5) is 26.4. The zero-order valence-electron chi connectivity index (χ0n) is 20.2. The van der Waals surface area contributed by atoms with Crippen molar-refractivity contribution in [3.63, 3.8) is 0 Å². The van der Waals surface area contributed by atoms with E-state index in [0.29, 0.717) is 44.5 Å². The van der Waals surface area contributed by atoms with Gasteiger partial charge in [0.2, 0.25) is 0 Å². The highest BCUT2D eigenvalue weighted by molar-refractivity contribution is 5.69. The molecule has 1 amide bonds. The highest BCUT2D eigenvalue weighted by Crippen LogP contribution is 2.52. The maximum absolute atomic E-state index is 12.6. The van der Waals surface area contributed by atoms with Crippen LogP contribution in [0.25, 0.3) is 0 Å². The van der Waals surface area contributed by atoms with Crippen molar-refractivity contribution < 1.29 is 24.2 Å². The quantitative estimate of drug-likeness (QED) is 0.356. The first kappa shape index (κ1) is 24.9. The fourth-order valence-electron chi connectivity index (χ4n) is 5.68. The highest BCUT2D eigenvalue weighted by Gasteiger charge is 2.57. The summed E-state index contributed by atoms with van der Waals surface area (Å²) in [6.45, 7) is 7.44. The molecule has 186 valence electrons. The molecule has 2 aromatic rings. The minimum atomic E-state index is -0.991. The molecule has 2 N–H and O–H groups in total. The maximum atomic E-state index is 12.6. The number of carbonyl (C=O) groups is 2. The van der Waals surface area contributed by atoms with Crippen molar-refractivity contribution in [2.45, 2.75) is 56.3 Å². The molecule has 1 aliphatic heterocycles. The number of piperidine rings is 1. The van der Waals surface area contributed by atoms with E-state index in [1.165, 1.54) is 6.92 Å². The van der Waals surface area contributed by atoms with Crippen molar-refractivity contribution in [3.05, 3.63) is 78.4 Å². The Kier molecular flexibility index (Phi) is 7.57. The number of alkyl carbamates (subject to hydrolysis) is 1. The van der Waals surface area contributed by atoms with Gasteiger partial charge in [0.1, 0.15) is 12.4 Å². The number of esters is 1. The molecule has 2 aliphatic rings. The van der Waals surface area contributed by atoms with Gasteiger partial charge in [0.05, 0.1) is 5.60 Å². The number of nitrogens with one attached hydrogen (secondary N) is 1. The van der Waals surface area contributed by atoms with Gasteiger partial charge in [-0.2, -0.15) is 0 Å². The van der Waals surface area contributed by atoms with Crippen LogP contribution in [0.2, 0.25) is 0 Å². The van der Waals surface area contributed by atoms with Gasteiger partial charge in [0.25, 0.3) is 0 Å². The van der Waals surface area contributed by atoms with E-state index in [0.717, 1.165) is 17.7 Å². The van der Waals surface area contributed by atoms with E-state index in [2.05, 4.69) is 16.8 Å². The Bertz CT molecular complexity index is 1060. The topological polar surface area (TPSA) is 88.1 Å². The molecule has 0 spiro atoms. The zero-order valence-corrected chi connectivity index (χ0v) is 20.2. The van der Waals surface area contributed by atoms with Gasteiger partial charge in [-0.3, -0.25) is 9.69 Å². The van der Waals surface area contributed by atoms with Gasteiger partial charge in [0, 0.05) is 31.5 Å². The van der Waals surface area contributed by atoms with E-state index in [9.17, 15) is 14.7 Å². The average molecular weight is 479 g/mol. The zero-order chi connectivity index (χ0) is 24.9. The summed E-state index contributed by atoms with van der Waals surface area (Å²) in [5, 5.41) is 15.1. The highest BCUT2D eigenvalue weighted by atomic mass is 16.5. The van der Waals surface area contributed by atoms with Crippen LogP contribution >= 0.6 is 0 Å². The second-order valence-corrected chi connectivity index (χ2v) is 9.65. The first-order valence-electron chi connectivity index (χ1n) is 12.2. The largest absolute Gasteiger partial charge is 0.445 e. The molecule has 2 fully saturated rings. The number of amides is 1. The van der Waals surface area contributed by atoms with Crippen LogP contribution in [0, 0.1) is 0 Å². The molecule has 4 rings (SSSR count). The first-order chi connectivity index (χ1) is 16.8. The minimum absolute atomic E-state index is 0.151. The molecule has 0 aromatic heterocycles. The van der Waals surface area contributed by atoms with Gasteiger partial charge in [0.15, 0.2) is 0 Å². The predicted octanol–water partition coefficient (Wildman–Crippen LogP) is 3.95. The summed E-state index contributed by atoms with van der Waals surface area (Å²) in [6.07, 6.45) is 3.84. The third-order valence-electron chi connectivity index (χ3n) is 7.30. The fraction of sp³-hybridized carbons (Fsp3) is 0.429. The predicted molar refractivity (Wildman–Crippen MR) is 133 cm³/mol. The number of carbonyl (C=O) groups excluding carboxylic acids is 2. The van der Waals surface area contributed by atoms with Gasteiger partial charge in [-0.05, 0) is 55.5 Å². The maximum Gasteiger partial charge on any atom is 0.407 e. The van der Waals surface area contributed by atoms with Gasteiger partial charge < -0.3 is 19.9 Å². The SMILES string of the molecule is C=CCN1CC[C@@]2(c3cccc(OC(C)=O)c3)C[C@H](NC(=O)OCc3ccccc3)CC[C@]2(O)C1. The second-order valence-electron chi connectivity index (χ2n) is 9.65. The molecule has 1 saturated carbocycles. The summed E-state index contributed by atoms with van der Waals surface area (Å²) in [7, 11) is 0. The second kappa shape index (κ2) is 10.6. The fourth-order valence-corrected chi connectivity index (χ4v) is 5.68. The average Bonchev–Trinajstić information content (AvgIpc) is 2.83. The number of hydrogen-bond acceptors (Lipinski definition) is 6. The Balaban J connectivity index is 1.55. The Morgan fingerprint density at radius 2 is 2.00 bits per heavy atom. The van der Waals surface area contributed by atoms with Crippen molar-refractivity contribution >= 4 is 12.1 Å². The molecule has 3 atom stereocenters. The number of fused-ring (bicyclic) bond motifs is 1. The van der Waals surface area contributed by atoms with Crippen molar-refractivity contribution in [1.82, 2.24) is 10.2 Å². The van der Waals surface area contributed by atoms with Crippen molar-refractivity contribution in [3.8, 4) is 5.75 Å². The molecule has 1 heterocycles. The van der Waals surface area contributed by atoms with Gasteiger partial charge in [-0.15, -0.1) is 6.58 Å². The number of β-amino-alcohol motifs (C(OH)–C–C–N with tert-alkyl or cyclic N) is 1. The van der Waals surface area contributed by atoms with Crippen LogP contribution in [-0.2, 0) is 21.6 Å². The van der Waals surface area contributed by atoms with Crippen LogP contribution in [0.1, 0.15) is 43.7 Å². The number of aliphatic hydroxyl groups is 1. The third-order valence-corrected chi connectivity index (χ3v) is 7.30. The molecule has 1 aliphatic carbocycles. The molecule has 35 heavy (non-hydrogen) atoms. The van der Waals surface area contributed by atoms with Gasteiger partial charge in [-0.1, -0.05) is 48.5 Å². The van der Waals surface area contributed by atoms with Crippen LogP contribution < -0.4 is 10.1 Å². The third kappa shape index (κ3) is 5.57. The Hall–Kier alpha value is -3.16. The number of rotatable bonds is 7. The minimum Gasteiger partial charge on any atom is -0.445 e. The lowest BCUT2D eigenvalue weighted by Gasteiger charge is -2.58. The summed E-state index contributed by atoms with van der Waals surface area (Å²) >= 11 is 0. The molecule has 0 bridgehead atoms. The van der Waals surface area contributed by atoms with E-state index in [1.54, 1.807) is 6.07 Å². The van der Waals surface area contributed by atoms with Crippen LogP contribution in [0.3, 0.4) is 0 Å². The lowest BCUT2D eigenvalue weighted by atomic mass is 9.55. The lowest BCUT2D eigenvalue weighted by Crippen LogP contribution is -2.67. The summed E-state index contributed by atoms with van der Waals surface area (Å²) in [5.41, 5.74) is 0.251. The summed E-state index contributed by atoms with van der Waals surface area (Å²) in [5.74, 6) is 0.0673. The molecule has 7 nitrogen and oxygen atoms in total. The van der Waals surface area contributed by atoms with Crippen molar-refractivity contribution in [2.75, 3.05) is 19.6 Å². The van der Waals surface area contributed by atoms with E-state index >= 15 is 0 Å². The van der Waals surface area contributed by atoms with E-state index in [4.69, 9.17) is 9.47 Å². The number of hydrogen-bond donors (Lipinski definition) is 2.